The number of hydrogen-bond acceptors (Lipinski definition) is 3. The van der Waals surface area contributed by atoms with Crippen LogP contribution in [0, 0.1) is 11.6 Å². The van der Waals surface area contributed by atoms with Gasteiger partial charge >= 0.3 is 0 Å². The molecular weight excluding hydrogens is 298 g/mol. The summed E-state index contributed by atoms with van der Waals surface area (Å²) in [5.74, 6) is -1.60. The Morgan fingerprint density at radius 2 is 2.00 bits per heavy atom. The number of likely N-dealkylation sites (tertiary alicyclic amines) is 1. The third-order valence-corrected chi connectivity index (χ3v) is 5.45. The van der Waals surface area contributed by atoms with Gasteiger partial charge in [-0.2, -0.15) is 0 Å². The Bertz CT molecular complexity index is 578. The zero-order valence-electron chi connectivity index (χ0n) is 13.5. The highest BCUT2D eigenvalue weighted by Crippen LogP contribution is 2.35. The molecule has 4 rings (SSSR count). The summed E-state index contributed by atoms with van der Waals surface area (Å²) in [7, 11) is 0. The maximum atomic E-state index is 13.5. The number of hydrogen-bond donors (Lipinski definition) is 1. The van der Waals surface area contributed by atoms with Gasteiger partial charge in [0.25, 0.3) is 0 Å². The lowest BCUT2D eigenvalue weighted by atomic mass is 10.0. The molecule has 3 fully saturated rings. The van der Waals surface area contributed by atoms with Crippen molar-refractivity contribution in [3.05, 3.63) is 35.4 Å². The number of halogens is 2. The summed E-state index contributed by atoms with van der Waals surface area (Å²) >= 11 is 0. The predicted octanol–water partition coefficient (Wildman–Crippen LogP) is 3.01. The lowest BCUT2D eigenvalue weighted by Crippen LogP contribution is -2.41. The SMILES string of the molecule is C[C@@H]1C[C@H](N[C@@H]2CCO[C@H]2c2ccc(F)c(F)c2)CN1C1CC1. The van der Waals surface area contributed by atoms with E-state index in [2.05, 4.69) is 17.1 Å². The van der Waals surface area contributed by atoms with Gasteiger partial charge in [-0.25, -0.2) is 8.78 Å². The molecule has 1 saturated carbocycles. The van der Waals surface area contributed by atoms with E-state index in [0.29, 0.717) is 18.7 Å². The monoisotopic (exact) mass is 322 g/mol. The molecule has 0 aromatic heterocycles. The van der Waals surface area contributed by atoms with Gasteiger partial charge in [-0.1, -0.05) is 6.07 Å². The van der Waals surface area contributed by atoms with Gasteiger partial charge in [-0.15, -0.1) is 0 Å². The fourth-order valence-electron chi connectivity index (χ4n) is 4.17. The van der Waals surface area contributed by atoms with Crippen LogP contribution < -0.4 is 5.32 Å². The molecule has 23 heavy (non-hydrogen) atoms. The van der Waals surface area contributed by atoms with Crippen molar-refractivity contribution < 1.29 is 13.5 Å². The average molecular weight is 322 g/mol. The van der Waals surface area contributed by atoms with E-state index in [1.807, 2.05) is 0 Å². The molecule has 1 aromatic rings. The Balaban J connectivity index is 1.42. The molecule has 2 aliphatic heterocycles. The Labute approximate surface area is 136 Å². The molecule has 0 unspecified atom stereocenters. The lowest BCUT2D eigenvalue weighted by Gasteiger charge is -2.24. The van der Waals surface area contributed by atoms with E-state index in [1.54, 1.807) is 6.07 Å². The van der Waals surface area contributed by atoms with Crippen molar-refractivity contribution in [1.82, 2.24) is 10.2 Å². The number of nitrogens with zero attached hydrogens (tertiary/aromatic N) is 1. The Hall–Kier alpha value is -1.04. The molecule has 0 spiro atoms. The molecular formula is C18H24F2N2O. The van der Waals surface area contributed by atoms with E-state index in [9.17, 15) is 8.78 Å². The van der Waals surface area contributed by atoms with Crippen LogP contribution in [0.25, 0.3) is 0 Å². The summed E-state index contributed by atoms with van der Waals surface area (Å²) in [6.45, 7) is 4.06. The molecule has 0 bridgehead atoms. The first-order valence-electron chi connectivity index (χ1n) is 8.70. The van der Waals surface area contributed by atoms with Crippen LogP contribution in [0.1, 0.15) is 44.3 Å². The minimum atomic E-state index is -0.805. The van der Waals surface area contributed by atoms with Crippen LogP contribution in [0.5, 0.6) is 0 Å². The fourth-order valence-corrected chi connectivity index (χ4v) is 4.17. The molecule has 3 aliphatic rings. The van der Waals surface area contributed by atoms with E-state index in [0.717, 1.165) is 31.0 Å². The molecule has 2 heterocycles. The van der Waals surface area contributed by atoms with Crippen LogP contribution in [0.4, 0.5) is 8.78 Å². The standard InChI is InChI=1S/C18H24F2N2O/c1-11-8-13(10-22(11)14-3-4-14)21-17-6-7-23-18(17)12-2-5-15(19)16(20)9-12/h2,5,9,11,13-14,17-18,21H,3-4,6-8,10H2,1H3/t11-,13+,17-,18+/m1/s1. The van der Waals surface area contributed by atoms with Crippen LogP contribution in [0.2, 0.25) is 0 Å². The van der Waals surface area contributed by atoms with Crippen LogP contribution in [0.15, 0.2) is 18.2 Å². The zero-order valence-corrected chi connectivity index (χ0v) is 13.5. The Kier molecular flexibility index (Phi) is 4.12. The molecule has 0 amide bonds. The van der Waals surface area contributed by atoms with E-state index in [4.69, 9.17) is 4.74 Å². The maximum absolute atomic E-state index is 13.5. The van der Waals surface area contributed by atoms with Crippen LogP contribution >= 0.6 is 0 Å². The summed E-state index contributed by atoms with van der Waals surface area (Å²) in [5, 5.41) is 3.72. The van der Waals surface area contributed by atoms with Gasteiger partial charge in [0, 0.05) is 37.3 Å². The highest BCUT2D eigenvalue weighted by Gasteiger charge is 2.40. The second-order valence-corrected chi connectivity index (χ2v) is 7.24. The summed E-state index contributed by atoms with van der Waals surface area (Å²) in [5.41, 5.74) is 0.726. The van der Waals surface area contributed by atoms with E-state index >= 15 is 0 Å². The summed E-state index contributed by atoms with van der Waals surface area (Å²) < 4.78 is 32.5. The molecule has 2 saturated heterocycles. The smallest absolute Gasteiger partial charge is 0.159 e. The average Bonchev–Trinajstić information content (AvgIpc) is 3.16. The summed E-state index contributed by atoms with van der Waals surface area (Å²) in [6, 6.07) is 6.16. The van der Waals surface area contributed by atoms with Crippen molar-refractivity contribution in [3.8, 4) is 0 Å². The summed E-state index contributed by atoms with van der Waals surface area (Å²) in [6.07, 6.45) is 4.55. The molecule has 126 valence electrons. The third kappa shape index (κ3) is 3.14. The number of rotatable bonds is 4. The topological polar surface area (TPSA) is 24.5 Å². The minimum Gasteiger partial charge on any atom is -0.372 e. The molecule has 3 nitrogen and oxygen atoms in total. The van der Waals surface area contributed by atoms with E-state index < -0.39 is 11.6 Å². The van der Waals surface area contributed by atoms with Gasteiger partial charge in [0.05, 0.1) is 6.10 Å². The quantitative estimate of drug-likeness (QED) is 0.922. The van der Waals surface area contributed by atoms with Gasteiger partial charge in [-0.3, -0.25) is 4.90 Å². The predicted molar refractivity (Wildman–Crippen MR) is 84.2 cm³/mol. The highest BCUT2D eigenvalue weighted by atomic mass is 19.2. The first-order chi connectivity index (χ1) is 11.1. The second-order valence-electron chi connectivity index (χ2n) is 7.24. The summed E-state index contributed by atoms with van der Waals surface area (Å²) in [4.78, 5) is 2.61. The van der Waals surface area contributed by atoms with Crippen molar-refractivity contribution in [2.75, 3.05) is 13.2 Å². The van der Waals surface area contributed by atoms with Gasteiger partial charge in [0.1, 0.15) is 0 Å². The van der Waals surface area contributed by atoms with Crippen molar-refractivity contribution >= 4 is 0 Å². The molecule has 4 atom stereocenters. The molecule has 1 aliphatic carbocycles. The number of ether oxygens (including phenoxy) is 1. The van der Waals surface area contributed by atoms with Crippen molar-refractivity contribution in [3.63, 3.8) is 0 Å². The van der Waals surface area contributed by atoms with E-state index in [1.165, 1.54) is 25.0 Å². The first kappa shape index (κ1) is 15.5. The lowest BCUT2D eigenvalue weighted by molar-refractivity contribution is 0.0961. The Morgan fingerprint density at radius 3 is 2.74 bits per heavy atom. The van der Waals surface area contributed by atoms with Crippen molar-refractivity contribution in [2.24, 2.45) is 0 Å². The highest BCUT2D eigenvalue weighted by molar-refractivity contribution is 5.22. The van der Waals surface area contributed by atoms with Gasteiger partial charge in [0.15, 0.2) is 11.6 Å². The molecule has 5 heteroatoms. The zero-order chi connectivity index (χ0) is 16.0. The second kappa shape index (κ2) is 6.11. The van der Waals surface area contributed by atoms with Crippen molar-refractivity contribution in [1.29, 1.82) is 0 Å². The minimum absolute atomic E-state index is 0.177. The largest absolute Gasteiger partial charge is 0.372 e. The molecule has 0 radical (unpaired) electrons. The fraction of sp³-hybridized carbons (Fsp3) is 0.667. The van der Waals surface area contributed by atoms with Crippen molar-refractivity contribution in [2.45, 2.75) is 62.9 Å². The first-order valence-corrected chi connectivity index (χ1v) is 8.70. The van der Waals surface area contributed by atoms with Gasteiger partial charge < -0.3 is 10.1 Å². The van der Waals surface area contributed by atoms with Gasteiger partial charge in [-0.05, 0) is 50.3 Å². The molecule has 1 N–H and O–H groups in total. The van der Waals surface area contributed by atoms with Crippen LogP contribution in [-0.2, 0) is 4.74 Å². The molecule has 1 aromatic carbocycles. The normalized spacial score (nSPS) is 35.1. The Morgan fingerprint density at radius 1 is 1.17 bits per heavy atom. The van der Waals surface area contributed by atoms with Crippen LogP contribution in [-0.4, -0.2) is 42.2 Å². The number of benzene rings is 1. The van der Waals surface area contributed by atoms with E-state index in [-0.39, 0.29) is 12.1 Å². The maximum Gasteiger partial charge on any atom is 0.159 e. The van der Waals surface area contributed by atoms with Crippen LogP contribution in [0.3, 0.4) is 0 Å². The van der Waals surface area contributed by atoms with Gasteiger partial charge in [0.2, 0.25) is 0 Å². The third-order valence-electron chi connectivity index (χ3n) is 5.45. The number of nitrogens with one attached hydrogen (secondary N) is 1.